The molecule has 0 radical (unpaired) electrons. The van der Waals surface area contributed by atoms with Gasteiger partial charge >= 0.3 is 8.32 Å². The van der Waals surface area contributed by atoms with E-state index in [1.807, 2.05) is 6.08 Å². The summed E-state index contributed by atoms with van der Waals surface area (Å²) in [7, 11) is -2.74. The maximum Gasteiger partial charge on any atom is 0.319 e. The van der Waals surface area contributed by atoms with Crippen LogP contribution >= 0.6 is 0 Å². The van der Waals surface area contributed by atoms with E-state index in [1.165, 1.54) is 21.5 Å². The van der Waals surface area contributed by atoms with Crippen molar-refractivity contribution < 1.29 is 4.43 Å². The largest absolute Gasteiger partial charge is 0.534 e. The van der Waals surface area contributed by atoms with Crippen molar-refractivity contribution in [1.29, 1.82) is 5.26 Å². The van der Waals surface area contributed by atoms with Gasteiger partial charge in [-0.1, -0.05) is 93.6 Å². The lowest BCUT2D eigenvalue weighted by Crippen LogP contribution is -2.68. The first-order valence-electron chi connectivity index (χ1n) is 11.6. The molecule has 0 bridgehead atoms. The number of hydrogen-bond donors (Lipinski definition) is 0. The lowest BCUT2D eigenvalue weighted by Gasteiger charge is -2.43. The predicted molar refractivity (Wildman–Crippen MR) is 141 cm³/mol. The van der Waals surface area contributed by atoms with Crippen LogP contribution in [0.4, 0.5) is 0 Å². The average Bonchev–Trinajstić information content (AvgIpc) is 3.22. The molecule has 0 amide bonds. The Balaban J connectivity index is 1.99. The highest BCUT2D eigenvalue weighted by atomic mass is 28.4. The average molecular weight is 450 g/mol. The number of fused-ring (bicyclic) bond motifs is 1. The fourth-order valence-corrected chi connectivity index (χ4v) is 9.61. The summed E-state index contributed by atoms with van der Waals surface area (Å²) in [5.41, 5.74) is 4.74. The molecule has 0 N–H and O–H groups in total. The zero-order valence-corrected chi connectivity index (χ0v) is 20.8. The number of allylic oxidation sites excluding steroid dienone is 3. The van der Waals surface area contributed by atoms with Crippen molar-refractivity contribution in [3.05, 3.63) is 108 Å². The molecular formula is C30H31NOSi. The van der Waals surface area contributed by atoms with Gasteiger partial charge in [-0.25, -0.2) is 0 Å². The zero-order valence-electron chi connectivity index (χ0n) is 19.8. The molecule has 3 aromatic carbocycles. The monoisotopic (exact) mass is 449 g/mol. The molecule has 0 fully saturated rings. The summed E-state index contributed by atoms with van der Waals surface area (Å²) in [6.07, 6.45) is 6.21. The van der Waals surface area contributed by atoms with Crippen LogP contribution in [-0.4, -0.2) is 8.32 Å². The Labute approximate surface area is 199 Å². The fourth-order valence-electron chi connectivity index (χ4n) is 5.16. The molecule has 1 aliphatic carbocycles. The van der Waals surface area contributed by atoms with Crippen LogP contribution in [0.15, 0.2) is 91.5 Å². The topological polar surface area (TPSA) is 33.0 Å². The Hall–Kier alpha value is -3.35. The molecule has 0 unspecified atom stereocenters. The van der Waals surface area contributed by atoms with Crippen molar-refractivity contribution >= 4 is 24.3 Å². The molecule has 0 spiro atoms. The van der Waals surface area contributed by atoms with Gasteiger partial charge in [0.15, 0.2) is 0 Å². The second-order valence-corrected chi connectivity index (χ2v) is 13.9. The van der Waals surface area contributed by atoms with E-state index in [0.29, 0.717) is 6.42 Å². The smallest absolute Gasteiger partial charge is 0.319 e. The van der Waals surface area contributed by atoms with Gasteiger partial charge in [-0.05, 0) is 57.4 Å². The van der Waals surface area contributed by atoms with Crippen LogP contribution in [0.5, 0.6) is 5.75 Å². The molecule has 0 aromatic heterocycles. The summed E-state index contributed by atoms with van der Waals surface area (Å²) in [6, 6.07) is 28.0. The number of nitriles is 1. The minimum atomic E-state index is -2.74. The highest BCUT2D eigenvalue weighted by Gasteiger charge is 2.52. The molecule has 0 atom stereocenters. The van der Waals surface area contributed by atoms with Gasteiger partial charge in [0.25, 0.3) is 0 Å². The molecule has 2 nitrogen and oxygen atoms in total. The Morgan fingerprint density at radius 1 is 0.939 bits per heavy atom. The van der Waals surface area contributed by atoms with Crippen LogP contribution in [0.2, 0.25) is 5.04 Å². The molecule has 166 valence electrons. The zero-order chi connectivity index (χ0) is 23.5. The first kappa shape index (κ1) is 22.8. The molecule has 0 saturated carbocycles. The summed E-state index contributed by atoms with van der Waals surface area (Å²) in [5.74, 6) is 0.911. The molecule has 0 saturated heterocycles. The van der Waals surface area contributed by atoms with Gasteiger partial charge in [0.2, 0.25) is 0 Å². The van der Waals surface area contributed by atoms with E-state index in [9.17, 15) is 5.26 Å². The van der Waals surface area contributed by atoms with Crippen molar-refractivity contribution in [3.8, 4) is 11.8 Å². The Bertz CT molecular complexity index is 1170. The third-order valence-electron chi connectivity index (χ3n) is 6.61. The summed E-state index contributed by atoms with van der Waals surface area (Å²) in [5, 5.41) is 11.7. The van der Waals surface area contributed by atoms with E-state index in [4.69, 9.17) is 4.43 Å². The first-order valence-corrected chi connectivity index (χ1v) is 13.5. The quantitative estimate of drug-likeness (QED) is 0.255. The molecule has 33 heavy (non-hydrogen) atoms. The molecule has 0 heterocycles. The highest BCUT2D eigenvalue weighted by Crippen LogP contribution is 2.43. The molecule has 0 aliphatic heterocycles. The van der Waals surface area contributed by atoms with Crippen LogP contribution in [0.3, 0.4) is 0 Å². The minimum Gasteiger partial charge on any atom is -0.534 e. The van der Waals surface area contributed by atoms with Crippen molar-refractivity contribution in [2.75, 3.05) is 0 Å². The van der Waals surface area contributed by atoms with E-state index in [1.54, 1.807) is 6.08 Å². The molecule has 3 aromatic rings. The van der Waals surface area contributed by atoms with Gasteiger partial charge in [-0.15, -0.1) is 6.58 Å². The number of benzene rings is 3. The van der Waals surface area contributed by atoms with Crippen molar-refractivity contribution in [2.45, 2.75) is 45.1 Å². The number of hydrogen-bond acceptors (Lipinski definition) is 2. The van der Waals surface area contributed by atoms with E-state index >= 15 is 0 Å². The van der Waals surface area contributed by atoms with E-state index in [2.05, 4.69) is 106 Å². The van der Waals surface area contributed by atoms with E-state index in [-0.39, 0.29) is 5.04 Å². The highest BCUT2D eigenvalue weighted by molar-refractivity contribution is 7.00. The Morgan fingerprint density at radius 3 is 2.06 bits per heavy atom. The first-order chi connectivity index (χ1) is 15.9. The normalized spacial score (nSPS) is 14.5. The third kappa shape index (κ3) is 4.08. The number of rotatable bonds is 6. The maximum atomic E-state index is 9.36. The number of nitrogens with zero attached hydrogens (tertiary/aromatic N) is 1. The Morgan fingerprint density at radius 2 is 1.55 bits per heavy atom. The van der Waals surface area contributed by atoms with Crippen molar-refractivity contribution in [3.63, 3.8) is 0 Å². The lowest BCUT2D eigenvalue weighted by molar-refractivity contribution is 0.503. The van der Waals surface area contributed by atoms with Crippen molar-refractivity contribution in [1.82, 2.24) is 0 Å². The Kier molecular flexibility index (Phi) is 6.40. The predicted octanol–water partition coefficient (Wildman–Crippen LogP) is 6.21. The third-order valence-corrected chi connectivity index (χ3v) is 11.5. The van der Waals surface area contributed by atoms with E-state index in [0.717, 1.165) is 29.7 Å². The molecule has 4 rings (SSSR count). The fraction of sp³-hybridized carbons (Fsp3) is 0.233. The number of aryl methyl sites for hydroxylation is 1. The van der Waals surface area contributed by atoms with Gasteiger partial charge < -0.3 is 4.43 Å². The van der Waals surface area contributed by atoms with Gasteiger partial charge in [0, 0.05) is 11.6 Å². The second kappa shape index (κ2) is 9.25. The summed E-state index contributed by atoms with van der Waals surface area (Å²) >= 11 is 0. The second-order valence-electron chi connectivity index (χ2n) is 9.63. The van der Waals surface area contributed by atoms with Crippen LogP contribution in [0, 0.1) is 11.3 Å². The van der Waals surface area contributed by atoms with E-state index < -0.39 is 8.32 Å². The van der Waals surface area contributed by atoms with Crippen LogP contribution < -0.4 is 14.8 Å². The van der Waals surface area contributed by atoms with Crippen molar-refractivity contribution in [2.24, 2.45) is 0 Å². The van der Waals surface area contributed by atoms with Crippen LogP contribution in [0.1, 0.15) is 43.9 Å². The molecule has 3 heteroatoms. The minimum absolute atomic E-state index is 0.120. The summed E-state index contributed by atoms with van der Waals surface area (Å²) in [6.45, 7) is 10.9. The molecular weight excluding hydrogens is 418 g/mol. The van der Waals surface area contributed by atoms with Crippen LogP contribution in [0.25, 0.3) is 5.57 Å². The standard InChI is InChI=1S/C30H31NOSi/c1-5-12-27-28(20-19-23-17-18-24(21-22-31)29(23)27)32-33(30(2,3)4,25-13-8-6-9-14-25)26-15-10-7-11-16-26/h5-11,13-16,19-21H,1,12,17-18H2,2-4H3/b24-21+. The summed E-state index contributed by atoms with van der Waals surface area (Å²) in [4.78, 5) is 0. The lowest BCUT2D eigenvalue weighted by atomic mass is 9.97. The molecule has 1 aliphatic rings. The van der Waals surface area contributed by atoms with Gasteiger partial charge in [-0.3, -0.25) is 0 Å². The van der Waals surface area contributed by atoms with Gasteiger partial charge in [0.05, 0.1) is 6.07 Å². The van der Waals surface area contributed by atoms with Gasteiger partial charge in [-0.2, -0.15) is 5.26 Å². The maximum absolute atomic E-state index is 9.36. The van der Waals surface area contributed by atoms with Crippen LogP contribution in [-0.2, 0) is 12.8 Å². The van der Waals surface area contributed by atoms with Gasteiger partial charge in [0.1, 0.15) is 5.75 Å². The SMILES string of the molecule is C=CCc1c(O[Si](c2ccccc2)(c2ccccc2)C(C)(C)C)ccc2c1/C(=C/C#N)CC2. The summed E-state index contributed by atoms with van der Waals surface area (Å²) < 4.78 is 7.36.